The van der Waals surface area contributed by atoms with E-state index in [4.69, 9.17) is 9.47 Å². The van der Waals surface area contributed by atoms with Gasteiger partial charge in [-0.05, 0) is 37.5 Å². The lowest BCUT2D eigenvalue weighted by Crippen LogP contribution is -2.36. The van der Waals surface area contributed by atoms with Crippen molar-refractivity contribution >= 4 is 17.9 Å². The van der Waals surface area contributed by atoms with Gasteiger partial charge in [0.2, 0.25) is 0 Å². The third-order valence-corrected chi connectivity index (χ3v) is 5.06. The molecule has 5 unspecified atom stereocenters. The Hall–Kier alpha value is -1.59. The lowest BCUT2D eigenvalue weighted by Gasteiger charge is -2.26. The molecule has 5 atom stereocenters. The first-order chi connectivity index (χ1) is 10.5. The summed E-state index contributed by atoms with van der Waals surface area (Å²) < 4.78 is 10.2. The SMILES string of the molecule is CCC(C)C(=O)OCCOC(=O)C1C2CCC(C2)C1C(=O)O. The van der Waals surface area contributed by atoms with E-state index in [-0.39, 0.29) is 36.9 Å². The zero-order valence-electron chi connectivity index (χ0n) is 13.1. The maximum absolute atomic E-state index is 12.2. The molecule has 0 heterocycles. The molecule has 22 heavy (non-hydrogen) atoms. The molecular formula is C16H24O6. The Labute approximate surface area is 130 Å². The molecule has 0 aliphatic heterocycles. The second-order valence-electron chi connectivity index (χ2n) is 6.37. The number of carbonyl (C=O) groups excluding carboxylic acids is 2. The average Bonchev–Trinajstić information content (AvgIpc) is 3.10. The van der Waals surface area contributed by atoms with Crippen LogP contribution in [0.1, 0.15) is 39.5 Å². The summed E-state index contributed by atoms with van der Waals surface area (Å²) >= 11 is 0. The highest BCUT2D eigenvalue weighted by atomic mass is 16.6. The van der Waals surface area contributed by atoms with Crippen molar-refractivity contribution in [2.75, 3.05) is 13.2 Å². The highest BCUT2D eigenvalue weighted by Crippen LogP contribution is 2.52. The summed E-state index contributed by atoms with van der Waals surface area (Å²) in [4.78, 5) is 35.0. The van der Waals surface area contributed by atoms with Crippen LogP contribution in [0.2, 0.25) is 0 Å². The predicted molar refractivity (Wildman–Crippen MR) is 76.8 cm³/mol. The van der Waals surface area contributed by atoms with Crippen LogP contribution in [0.4, 0.5) is 0 Å². The van der Waals surface area contributed by atoms with Crippen molar-refractivity contribution in [2.24, 2.45) is 29.6 Å². The van der Waals surface area contributed by atoms with Gasteiger partial charge in [-0.25, -0.2) is 0 Å². The molecule has 2 fully saturated rings. The first-order valence-corrected chi connectivity index (χ1v) is 8.01. The fourth-order valence-electron chi connectivity index (χ4n) is 3.68. The van der Waals surface area contributed by atoms with E-state index in [1.807, 2.05) is 6.92 Å². The second-order valence-corrected chi connectivity index (χ2v) is 6.37. The number of hydrogen-bond donors (Lipinski definition) is 1. The van der Waals surface area contributed by atoms with E-state index in [0.717, 1.165) is 19.3 Å². The quantitative estimate of drug-likeness (QED) is 0.570. The Kier molecular flexibility index (Phi) is 5.42. The number of esters is 2. The Morgan fingerprint density at radius 1 is 1.09 bits per heavy atom. The predicted octanol–water partition coefficient (Wildman–Crippen LogP) is 1.87. The number of hydrogen-bond acceptors (Lipinski definition) is 5. The van der Waals surface area contributed by atoms with Crippen LogP contribution in [0.3, 0.4) is 0 Å². The zero-order valence-corrected chi connectivity index (χ0v) is 13.1. The van der Waals surface area contributed by atoms with Crippen molar-refractivity contribution in [3.05, 3.63) is 0 Å². The molecule has 0 aromatic rings. The monoisotopic (exact) mass is 312 g/mol. The van der Waals surface area contributed by atoms with Gasteiger partial charge in [0.15, 0.2) is 0 Å². The van der Waals surface area contributed by atoms with Crippen LogP contribution in [0.5, 0.6) is 0 Å². The van der Waals surface area contributed by atoms with Crippen molar-refractivity contribution < 1.29 is 29.0 Å². The molecule has 6 nitrogen and oxygen atoms in total. The zero-order chi connectivity index (χ0) is 16.3. The molecule has 0 saturated heterocycles. The fourth-order valence-corrected chi connectivity index (χ4v) is 3.68. The third-order valence-electron chi connectivity index (χ3n) is 5.06. The molecule has 0 aromatic carbocycles. The van der Waals surface area contributed by atoms with Crippen molar-refractivity contribution in [1.29, 1.82) is 0 Å². The summed E-state index contributed by atoms with van der Waals surface area (Å²) in [5.41, 5.74) is 0. The third kappa shape index (κ3) is 3.42. The number of ether oxygens (including phenoxy) is 2. The molecule has 2 aliphatic carbocycles. The molecule has 6 heteroatoms. The molecule has 2 rings (SSSR count). The van der Waals surface area contributed by atoms with Gasteiger partial charge < -0.3 is 14.6 Å². The average molecular weight is 312 g/mol. The van der Waals surface area contributed by atoms with E-state index in [1.54, 1.807) is 6.92 Å². The maximum atomic E-state index is 12.2. The Morgan fingerprint density at radius 2 is 1.68 bits per heavy atom. The smallest absolute Gasteiger partial charge is 0.310 e. The first kappa shape index (κ1) is 16.8. The Morgan fingerprint density at radius 3 is 2.27 bits per heavy atom. The van der Waals surface area contributed by atoms with E-state index < -0.39 is 23.8 Å². The van der Waals surface area contributed by atoms with Gasteiger partial charge in [-0.1, -0.05) is 13.8 Å². The summed E-state index contributed by atoms with van der Waals surface area (Å²) in [6, 6.07) is 0. The minimum Gasteiger partial charge on any atom is -0.481 e. The molecule has 2 bridgehead atoms. The topological polar surface area (TPSA) is 89.9 Å². The number of carboxylic acid groups (broad SMARTS) is 1. The number of fused-ring (bicyclic) bond motifs is 2. The first-order valence-electron chi connectivity index (χ1n) is 8.01. The lowest BCUT2D eigenvalue weighted by atomic mass is 9.79. The summed E-state index contributed by atoms with van der Waals surface area (Å²) in [6.45, 7) is 3.68. The minimum absolute atomic E-state index is 0.0127. The molecule has 2 aliphatic rings. The van der Waals surface area contributed by atoms with Crippen LogP contribution in [-0.4, -0.2) is 36.2 Å². The summed E-state index contributed by atoms with van der Waals surface area (Å²) in [5, 5.41) is 9.31. The van der Waals surface area contributed by atoms with Crippen molar-refractivity contribution in [2.45, 2.75) is 39.5 Å². The van der Waals surface area contributed by atoms with Gasteiger partial charge in [-0.3, -0.25) is 14.4 Å². The van der Waals surface area contributed by atoms with Gasteiger partial charge >= 0.3 is 17.9 Å². The van der Waals surface area contributed by atoms with E-state index in [9.17, 15) is 19.5 Å². The minimum atomic E-state index is -0.905. The van der Waals surface area contributed by atoms with Gasteiger partial charge in [-0.2, -0.15) is 0 Å². The van der Waals surface area contributed by atoms with Gasteiger partial charge in [0.05, 0.1) is 17.8 Å². The Bertz CT molecular complexity index is 446. The standard InChI is InChI=1S/C16H24O6/c1-3-9(2)15(19)21-6-7-22-16(20)13-11-5-4-10(8-11)12(13)14(17)18/h9-13H,3-8H2,1-2H3,(H,17,18). The van der Waals surface area contributed by atoms with E-state index >= 15 is 0 Å². The summed E-state index contributed by atoms with van der Waals surface area (Å²) in [7, 11) is 0. The molecule has 0 radical (unpaired) electrons. The lowest BCUT2D eigenvalue weighted by molar-refractivity contribution is -0.163. The summed E-state index contributed by atoms with van der Waals surface area (Å²) in [5.74, 6) is -2.77. The molecule has 0 amide bonds. The molecule has 1 N–H and O–H groups in total. The molecular weight excluding hydrogens is 288 g/mol. The normalized spacial score (nSPS) is 30.8. The second kappa shape index (κ2) is 7.11. The molecule has 2 saturated carbocycles. The number of carboxylic acids is 1. The van der Waals surface area contributed by atoms with Crippen molar-refractivity contribution in [3.63, 3.8) is 0 Å². The van der Waals surface area contributed by atoms with Crippen molar-refractivity contribution in [1.82, 2.24) is 0 Å². The van der Waals surface area contributed by atoms with Crippen LogP contribution < -0.4 is 0 Å². The van der Waals surface area contributed by atoms with E-state index in [1.165, 1.54) is 0 Å². The molecule has 0 spiro atoms. The number of carbonyl (C=O) groups is 3. The number of rotatable bonds is 7. The highest BCUT2D eigenvalue weighted by molar-refractivity contribution is 5.82. The van der Waals surface area contributed by atoms with Crippen LogP contribution in [0, 0.1) is 29.6 Å². The van der Waals surface area contributed by atoms with Crippen LogP contribution in [-0.2, 0) is 23.9 Å². The van der Waals surface area contributed by atoms with Crippen LogP contribution >= 0.6 is 0 Å². The van der Waals surface area contributed by atoms with Crippen LogP contribution in [0.25, 0.3) is 0 Å². The maximum Gasteiger partial charge on any atom is 0.310 e. The molecule has 124 valence electrons. The highest BCUT2D eigenvalue weighted by Gasteiger charge is 2.54. The largest absolute Gasteiger partial charge is 0.481 e. The van der Waals surface area contributed by atoms with E-state index in [0.29, 0.717) is 6.42 Å². The molecule has 0 aromatic heterocycles. The van der Waals surface area contributed by atoms with Gasteiger partial charge in [0.1, 0.15) is 13.2 Å². The van der Waals surface area contributed by atoms with Gasteiger partial charge in [0, 0.05) is 0 Å². The van der Waals surface area contributed by atoms with E-state index in [2.05, 4.69) is 0 Å². The van der Waals surface area contributed by atoms with Gasteiger partial charge in [-0.15, -0.1) is 0 Å². The van der Waals surface area contributed by atoms with Crippen molar-refractivity contribution in [3.8, 4) is 0 Å². The van der Waals surface area contributed by atoms with Crippen LogP contribution in [0.15, 0.2) is 0 Å². The number of aliphatic carboxylic acids is 1. The Balaban J connectivity index is 1.78. The summed E-state index contributed by atoms with van der Waals surface area (Å²) in [6.07, 6.45) is 3.29. The van der Waals surface area contributed by atoms with Gasteiger partial charge in [0.25, 0.3) is 0 Å². The fraction of sp³-hybridized carbons (Fsp3) is 0.812.